The maximum absolute atomic E-state index is 9.10. The average molecular weight is 539 g/mol. The molecular formula is C29H34N2O8. The summed E-state index contributed by atoms with van der Waals surface area (Å²) in [7, 11) is 4.99. The number of para-hydroxylation sites is 1. The number of carbonyl (C=O) groups is 2. The zero-order chi connectivity index (χ0) is 28.2. The molecule has 1 saturated heterocycles. The van der Waals surface area contributed by atoms with E-state index < -0.39 is 11.9 Å². The normalized spacial score (nSPS) is 13.5. The van der Waals surface area contributed by atoms with Gasteiger partial charge in [-0.2, -0.15) is 0 Å². The molecule has 4 rings (SSSR count). The van der Waals surface area contributed by atoms with Gasteiger partial charge in [-0.25, -0.2) is 9.59 Å². The van der Waals surface area contributed by atoms with Crippen LogP contribution >= 0.6 is 0 Å². The van der Waals surface area contributed by atoms with E-state index in [0.717, 1.165) is 67.8 Å². The molecule has 0 unspecified atom stereocenters. The first kappa shape index (κ1) is 29.3. The van der Waals surface area contributed by atoms with Gasteiger partial charge in [0.05, 0.1) is 21.3 Å². The Hall–Kier alpha value is -4.28. The lowest BCUT2D eigenvalue weighted by Crippen LogP contribution is -2.45. The van der Waals surface area contributed by atoms with Gasteiger partial charge in [-0.05, 0) is 35.9 Å². The minimum atomic E-state index is -1.82. The van der Waals surface area contributed by atoms with E-state index in [2.05, 4.69) is 28.0 Å². The van der Waals surface area contributed by atoms with Crippen LogP contribution in [0.4, 0.5) is 0 Å². The number of hydrogen-bond donors (Lipinski definition) is 2. The molecule has 2 N–H and O–H groups in total. The molecule has 10 nitrogen and oxygen atoms in total. The lowest BCUT2D eigenvalue weighted by atomic mass is 10.1. The van der Waals surface area contributed by atoms with E-state index in [1.165, 1.54) is 5.56 Å². The first-order chi connectivity index (χ1) is 18.8. The standard InChI is InChI=1S/C27H32N2O4.C2H2O4/c1-30-25-18-27(32-3)26(31-2)17-22(25)20-29-14-12-28(13-15-29)19-21-8-7-11-24(16-21)33-23-9-5-4-6-10-23;3-1(4)2(5)6/h4-11,16-18H,12-15,19-20H2,1-3H3;(H,3,4)(H,5,6). The van der Waals surface area contributed by atoms with Gasteiger partial charge in [-0.15, -0.1) is 0 Å². The van der Waals surface area contributed by atoms with Gasteiger partial charge in [0.25, 0.3) is 0 Å². The van der Waals surface area contributed by atoms with Gasteiger partial charge in [-0.3, -0.25) is 9.80 Å². The predicted octanol–water partition coefficient (Wildman–Crippen LogP) is 3.98. The Balaban J connectivity index is 0.000000631. The molecule has 1 aliphatic rings. The van der Waals surface area contributed by atoms with Crippen molar-refractivity contribution < 1.29 is 38.7 Å². The first-order valence-corrected chi connectivity index (χ1v) is 12.3. The summed E-state index contributed by atoms with van der Waals surface area (Å²) in [4.78, 5) is 23.1. The van der Waals surface area contributed by atoms with E-state index in [0.29, 0.717) is 5.75 Å². The van der Waals surface area contributed by atoms with Gasteiger partial charge in [0.2, 0.25) is 0 Å². The maximum atomic E-state index is 9.10. The molecule has 0 amide bonds. The number of methoxy groups -OCH3 is 3. The molecule has 0 bridgehead atoms. The second kappa shape index (κ2) is 14.6. The van der Waals surface area contributed by atoms with Gasteiger partial charge >= 0.3 is 11.9 Å². The molecule has 10 heteroatoms. The summed E-state index contributed by atoms with van der Waals surface area (Å²) in [6.07, 6.45) is 0. The molecule has 208 valence electrons. The smallest absolute Gasteiger partial charge is 0.414 e. The number of ether oxygens (including phenoxy) is 4. The second-order valence-corrected chi connectivity index (χ2v) is 8.74. The van der Waals surface area contributed by atoms with E-state index >= 15 is 0 Å². The van der Waals surface area contributed by atoms with Crippen LogP contribution in [0.1, 0.15) is 11.1 Å². The van der Waals surface area contributed by atoms with Crippen LogP contribution in [0.25, 0.3) is 0 Å². The predicted molar refractivity (Wildman–Crippen MR) is 145 cm³/mol. The van der Waals surface area contributed by atoms with Gasteiger partial charge in [0, 0.05) is 50.9 Å². The van der Waals surface area contributed by atoms with Gasteiger partial charge in [-0.1, -0.05) is 30.3 Å². The lowest BCUT2D eigenvalue weighted by molar-refractivity contribution is -0.159. The molecule has 3 aromatic carbocycles. The summed E-state index contributed by atoms with van der Waals surface area (Å²) >= 11 is 0. The Morgan fingerprint density at radius 2 is 1.21 bits per heavy atom. The van der Waals surface area contributed by atoms with Crippen LogP contribution in [-0.2, 0) is 22.7 Å². The largest absolute Gasteiger partial charge is 0.496 e. The van der Waals surface area contributed by atoms with Crippen LogP contribution in [-0.4, -0.2) is 79.5 Å². The van der Waals surface area contributed by atoms with Crippen LogP contribution in [0.5, 0.6) is 28.7 Å². The molecule has 3 aromatic rings. The second-order valence-electron chi connectivity index (χ2n) is 8.74. The highest BCUT2D eigenvalue weighted by Crippen LogP contribution is 2.35. The number of carboxylic acid groups (broad SMARTS) is 2. The number of nitrogens with zero attached hydrogens (tertiary/aromatic N) is 2. The van der Waals surface area contributed by atoms with Gasteiger partial charge in [0.15, 0.2) is 11.5 Å². The Bertz CT molecular complexity index is 1220. The fourth-order valence-corrected chi connectivity index (χ4v) is 4.15. The molecule has 1 fully saturated rings. The van der Waals surface area contributed by atoms with E-state index in [-0.39, 0.29) is 0 Å². The summed E-state index contributed by atoms with van der Waals surface area (Å²) in [6, 6.07) is 22.2. The number of rotatable bonds is 9. The van der Waals surface area contributed by atoms with Crippen molar-refractivity contribution in [2.24, 2.45) is 0 Å². The quantitative estimate of drug-likeness (QED) is 0.387. The minimum Gasteiger partial charge on any atom is -0.496 e. The molecule has 0 spiro atoms. The fraction of sp³-hybridized carbons (Fsp3) is 0.310. The van der Waals surface area contributed by atoms with Crippen LogP contribution in [0.3, 0.4) is 0 Å². The first-order valence-electron chi connectivity index (χ1n) is 12.3. The lowest BCUT2D eigenvalue weighted by Gasteiger charge is -2.35. The molecule has 1 heterocycles. The van der Waals surface area contributed by atoms with Crippen LogP contribution in [0, 0.1) is 0 Å². The molecule has 1 aliphatic heterocycles. The van der Waals surface area contributed by atoms with Crippen molar-refractivity contribution >= 4 is 11.9 Å². The Kier molecular flexibility index (Phi) is 11.0. The fourth-order valence-electron chi connectivity index (χ4n) is 4.15. The SMILES string of the molecule is COc1cc(OC)c(OC)cc1CN1CCN(Cc2cccc(Oc3ccccc3)c2)CC1.O=C(O)C(=O)O. The van der Waals surface area contributed by atoms with Crippen LogP contribution in [0.15, 0.2) is 66.7 Å². The summed E-state index contributed by atoms with van der Waals surface area (Å²) in [5.74, 6) is 0.313. The zero-order valence-corrected chi connectivity index (χ0v) is 22.3. The van der Waals surface area contributed by atoms with E-state index in [4.69, 9.17) is 38.7 Å². The summed E-state index contributed by atoms with van der Waals surface area (Å²) < 4.78 is 22.5. The number of hydrogen-bond acceptors (Lipinski definition) is 8. The highest BCUT2D eigenvalue weighted by atomic mass is 16.5. The number of aliphatic carboxylic acids is 2. The molecule has 0 saturated carbocycles. The van der Waals surface area contributed by atoms with E-state index in [9.17, 15) is 0 Å². The topological polar surface area (TPSA) is 118 Å². The Morgan fingerprint density at radius 1 is 0.667 bits per heavy atom. The Morgan fingerprint density at radius 3 is 1.77 bits per heavy atom. The third-order valence-corrected chi connectivity index (χ3v) is 6.11. The van der Waals surface area contributed by atoms with Crippen LogP contribution in [0.2, 0.25) is 0 Å². The maximum Gasteiger partial charge on any atom is 0.414 e. The highest BCUT2D eigenvalue weighted by Gasteiger charge is 2.20. The minimum absolute atomic E-state index is 0.682. The zero-order valence-electron chi connectivity index (χ0n) is 22.3. The number of piperazine rings is 1. The number of carboxylic acids is 2. The molecular weight excluding hydrogens is 504 g/mol. The summed E-state index contributed by atoms with van der Waals surface area (Å²) in [6.45, 7) is 5.76. The highest BCUT2D eigenvalue weighted by molar-refractivity contribution is 6.27. The van der Waals surface area contributed by atoms with Crippen LogP contribution < -0.4 is 18.9 Å². The van der Waals surface area contributed by atoms with E-state index in [1.54, 1.807) is 21.3 Å². The van der Waals surface area contributed by atoms with Crippen molar-refractivity contribution in [3.8, 4) is 28.7 Å². The van der Waals surface area contributed by atoms with Crippen molar-refractivity contribution in [2.45, 2.75) is 13.1 Å². The third-order valence-electron chi connectivity index (χ3n) is 6.11. The van der Waals surface area contributed by atoms with Gasteiger partial charge in [0.1, 0.15) is 17.2 Å². The Labute approximate surface area is 227 Å². The van der Waals surface area contributed by atoms with Crippen molar-refractivity contribution in [2.75, 3.05) is 47.5 Å². The van der Waals surface area contributed by atoms with Crippen molar-refractivity contribution in [3.05, 3.63) is 77.9 Å². The summed E-state index contributed by atoms with van der Waals surface area (Å²) in [5, 5.41) is 14.8. The van der Waals surface area contributed by atoms with Crippen molar-refractivity contribution in [3.63, 3.8) is 0 Å². The monoisotopic (exact) mass is 538 g/mol. The van der Waals surface area contributed by atoms with E-state index in [1.807, 2.05) is 48.5 Å². The molecule has 0 atom stereocenters. The molecule has 0 aromatic heterocycles. The molecule has 0 radical (unpaired) electrons. The van der Waals surface area contributed by atoms with Crippen molar-refractivity contribution in [1.29, 1.82) is 0 Å². The third kappa shape index (κ3) is 8.91. The molecule has 39 heavy (non-hydrogen) atoms. The number of benzene rings is 3. The van der Waals surface area contributed by atoms with Gasteiger partial charge < -0.3 is 29.2 Å². The van der Waals surface area contributed by atoms with Crippen molar-refractivity contribution in [1.82, 2.24) is 9.80 Å². The average Bonchev–Trinajstić information content (AvgIpc) is 2.95. The summed E-state index contributed by atoms with van der Waals surface area (Å²) in [5.41, 5.74) is 2.37. The molecule has 0 aliphatic carbocycles.